The summed E-state index contributed by atoms with van der Waals surface area (Å²) in [7, 11) is -3.63. The number of hydrogen-bond donors (Lipinski definition) is 1. The number of carboxylic acid groups (broad SMARTS) is 1. The van der Waals surface area contributed by atoms with Crippen LogP contribution in [0.4, 0.5) is 0 Å². The van der Waals surface area contributed by atoms with E-state index in [1.54, 1.807) is 42.2 Å². The molecule has 1 aliphatic carbocycles. The fourth-order valence-electron chi connectivity index (χ4n) is 3.52. The molecule has 2 fully saturated rings. The Bertz CT molecular complexity index is 792. The number of benzene rings is 1. The number of amides is 1. The minimum Gasteiger partial charge on any atom is -0.481 e. The molecule has 0 radical (unpaired) electrons. The van der Waals surface area contributed by atoms with Gasteiger partial charge in [0, 0.05) is 25.7 Å². The van der Waals surface area contributed by atoms with Crippen LogP contribution in [0.25, 0.3) is 0 Å². The third-order valence-corrected chi connectivity index (χ3v) is 7.16. The Kier molecular flexibility index (Phi) is 5.86. The predicted molar refractivity (Wildman–Crippen MR) is 99.5 cm³/mol. The fraction of sp³-hybridized carbons (Fsp3) is 0.579. The van der Waals surface area contributed by atoms with Crippen molar-refractivity contribution < 1.29 is 23.1 Å². The van der Waals surface area contributed by atoms with Gasteiger partial charge >= 0.3 is 5.97 Å². The summed E-state index contributed by atoms with van der Waals surface area (Å²) in [4.78, 5) is 26.2. The Morgan fingerprint density at radius 3 is 2.48 bits per heavy atom. The maximum atomic E-state index is 13.1. The number of hydrogen-bond acceptors (Lipinski definition) is 4. The van der Waals surface area contributed by atoms with E-state index >= 15 is 0 Å². The molecule has 27 heavy (non-hydrogen) atoms. The third-order valence-electron chi connectivity index (χ3n) is 5.28. The largest absolute Gasteiger partial charge is 0.481 e. The number of carbonyl (C=O) groups excluding carboxylic acids is 1. The summed E-state index contributed by atoms with van der Waals surface area (Å²) >= 11 is 0. The van der Waals surface area contributed by atoms with Crippen LogP contribution in [-0.2, 0) is 19.6 Å². The van der Waals surface area contributed by atoms with Gasteiger partial charge in [0.15, 0.2) is 0 Å². The molecule has 3 rings (SSSR count). The quantitative estimate of drug-likeness (QED) is 0.761. The summed E-state index contributed by atoms with van der Waals surface area (Å²) in [6.07, 6.45) is 3.02. The smallest absolute Gasteiger partial charge is 0.308 e. The highest BCUT2D eigenvalue weighted by atomic mass is 32.2. The zero-order chi connectivity index (χ0) is 19.6. The number of rotatable bonds is 7. The van der Waals surface area contributed by atoms with Gasteiger partial charge in [0.2, 0.25) is 15.9 Å². The lowest BCUT2D eigenvalue weighted by Crippen LogP contribution is -2.48. The van der Waals surface area contributed by atoms with Gasteiger partial charge in [-0.2, -0.15) is 4.31 Å². The summed E-state index contributed by atoms with van der Waals surface area (Å²) in [6.45, 7) is 2.33. The molecule has 8 heteroatoms. The lowest BCUT2D eigenvalue weighted by molar-refractivity contribution is -0.144. The van der Waals surface area contributed by atoms with Crippen molar-refractivity contribution in [1.82, 2.24) is 9.21 Å². The molecular formula is C19H26N2O5S. The molecule has 1 amide bonds. The van der Waals surface area contributed by atoms with Crippen molar-refractivity contribution in [2.75, 3.05) is 19.6 Å². The maximum Gasteiger partial charge on any atom is 0.308 e. The van der Waals surface area contributed by atoms with Gasteiger partial charge in [-0.1, -0.05) is 25.1 Å². The first-order chi connectivity index (χ1) is 12.8. The van der Waals surface area contributed by atoms with E-state index in [9.17, 15) is 23.1 Å². The minimum absolute atomic E-state index is 0.0976. The zero-order valence-electron chi connectivity index (χ0n) is 15.5. The molecule has 1 aliphatic heterocycles. The second-order valence-corrected chi connectivity index (χ2v) is 9.41. The lowest BCUT2D eigenvalue weighted by Gasteiger charge is -2.35. The van der Waals surface area contributed by atoms with Crippen LogP contribution in [0.5, 0.6) is 0 Å². The molecular weight excluding hydrogens is 368 g/mol. The Morgan fingerprint density at radius 2 is 1.89 bits per heavy atom. The second-order valence-electron chi connectivity index (χ2n) is 7.48. The molecule has 0 spiro atoms. The van der Waals surface area contributed by atoms with Gasteiger partial charge in [0.1, 0.15) is 0 Å². The van der Waals surface area contributed by atoms with Gasteiger partial charge in [-0.05, 0) is 37.8 Å². The Morgan fingerprint density at radius 1 is 1.22 bits per heavy atom. The monoisotopic (exact) mass is 394 g/mol. The van der Waals surface area contributed by atoms with E-state index in [0.29, 0.717) is 19.4 Å². The standard InChI is InChI=1S/C19H26N2O5S/c1-14(19(23)24)12-21(16-9-10-16)18(22)15-6-5-11-20(13-15)27(25,26)17-7-3-2-4-8-17/h2-4,7-8,14-16H,5-6,9-13H2,1H3,(H,23,24). The summed E-state index contributed by atoms with van der Waals surface area (Å²) < 4.78 is 27.1. The Balaban J connectivity index is 1.73. The van der Waals surface area contributed by atoms with Gasteiger partial charge in [0.25, 0.3) is 0 Å². The van der Waals surface area contributed by atoms with Crippen LogP contribution in [0.2, 0.25) is 0 Å². The van der Waals surface area contributed by atoms with Gasteiger partial charge in [0.05, 0.1) is 16.7 Å². The first-order valence-corrected chi connectivity index (χ1v) is 10.8. The molecule has 1 saturated carbocycles. The van der Waals surface area contributed by atoms with Crippen LogP contribution < -0.4 is 0 Å². The molecule has 2 aliphatic rings. The number of carbonyl (C=O) groups is 2. The topological polar surface area (TPSA) is 95.0 Å². The Labute approximate surface area is 160 Å². The zero-order valence-corrected chi connectivity index (χ0v) is 16.3. The van der Waals surface area contributed by atoms with Gasteiger partial charge in [-0.25, -0.2) is 8.42 Å². The van der Waals surface area contributed by atoms with Crippen molar-refractivity contribution in [1.29, 1.82) is 0 Å². The van der Waals surface area contributed by atoms with Crippen LogP contribution in [-0.4, -0.2) is 60.3 Å². The van der Waals surface area contributed by atoms with Gasteiger partial charge < -0.3 is 10.0 Å². The predicted octanol–water partition coefficient (Wildman–Crippen LogP) is 1.80. The van der Waals surface area contributed by atoms with Crippen LogP contribution in [0.3, 0.4) is 0 Å². The highest BCUT2D eigenvalue weighted by Gasteiger charge is 2.40. The number of sulfonamides is 1. The number of nitrogens with zero attached hydrogens (tertiary/aromatic N) is 2. The van der Waals surface area contributed by atoms with Crippen molar-refractivity contribution in [3.63, 3.8) is 0 Å². The number of aliphatic carboxylic acids is 1. The van der Waals surface area contributed by atoms with Crippen molar-refractivity contribution >= 4 is 21.9 Å². The van der Waals surface area contributed by atoms with Crippen molar-refractivity contribution in [3.05, 3.63) is 30.3 Å². The van der Waals surface area contributed by atoms with E-state index in [1.807, 2.05) is 0 Å². The highest BCUT2D eigenvalue weighted by Crippen LogP contribution is 2.32. The fourth-order valence-corrected chi connectivity index (χ4v) is 5.06. The van der Waals surface area contributed by atoms with Crippen LogP contribution in [0, 0.1) is 11.8 Å². The number of piperidine rings is 1. The molecule has 1 N–H and O–H groups in total. The first-order valence-electron chi connectivity index (χ1n) is 9.39. The van der Waals surface area contributed by atoms with Gasteiger partial charge in [-0.15, -0.1) is 0 Å². The SMILES string of the molecule is CC(CN(C(=O)C1CCCN(S(=O)(=O)c2ccccc2)C1)C1CC1)C(=O)O. The average Bonchev–Trinajstić information content (AvgIpc) is 3.51. The van der Waals surface area contributed by atoms with Crippen LogP contribution in [0.15, 0.2) is 35.2 Å². The van der Waals surface area contributed by atoms with E-state index in [-0.39, 0.29) is 29.9 Å². The van der Waals surface area contributed by atoms with Crippen molar-refractivity contribution in [2.24, 2.45) is 11.8 Å². The minimum atomic E-state index is -3.63. The van der Waals surface area contributed by atoms with Crippen LogP contribution in [0.1, 0.15) is 32.6 Å². The molecule has 0 aromatic heterocycles. The summed E-state index contributed by atoms with van der Waals surface area (Å²) in [5.74, 6) is -2.09. The third kappa shape index (κ3) is 4.50. The van der Waals surface area contributed by atoms with Crippen LogP contribution >= 0.6 is 0 Å². The second kappa shape index (κ2) is 7.98. The van der Waals surface area contributed by atoms with E-state index in [0.717, 1.165) is 12.8 Å². The molecule has 148 valence electrons. The number of carboxylic acids is 1. The molecule has 1 aromatic carbocycles. The van der Waals surface area contributed by atoms with Crippen molar-refractivity contribution in [3.8, 4) is 0 Å². The van der Waals surface area contributed by atoms with E-state index in [4.69, 9.17) is 0 Å². The molecule has 1 aromatic rings. The Hall–Kier alpha value is -1.93. The maximum absolute atomic E-state index is 13.1. The summed E-state index contributed by atoms with van der Waals surface area (Å²) in [6, 6.07) is 8.35. The molecule has 7 nitrogen and oxygen atoms in total. The normalized spacial score (nSPS) is 22.2. The van der Waals surface area contributed by atoms with Crippen molar-refractivity contribution in [2.45, 2.75) is 43.5 Å². The average molecular weight is 394 g/mol. The van der Waals surface area contributed by atoms with E-state index in [2.05, 4.69) is 0 Å². The molecule has 2 unspecified atom stereocenters. The molecule has 1 heterocycles. The highest BCUT2D eigenvalue weighted by molar-refractivity contribution is 7.89. The first kappa shape index (κ1) is 19.8. The van der Waals surface area contributed by atoms with E-state index in [1.165, 1.54) is 4.31 Å². The van der Waals surface area contributed by atoms with E-state index < -0.39 is 27.8 Å². The summed E-state index contributed by atoms with van der Waals surface area (Å²) in [5.41, 5.74) is 0. The lowest BCUT2D eigenvalue weighted by atomic mass is 9.97. The summed E-state index contributed by atoms with van der Waals surface area (Å²) in [5, 5.41) is 9.17. The molecule has 1 saturated heterocycles. The molecule has 2 atom stereocenters. The molecule has 0 bridgehead atoms. The van der Waals surface area contributed by atoms with Gasteiger partial charge in [-0.3, -0.25) is 9.59 Å².